The summed E-state index contributed by atoms with van der Waals surface area (Å²) >= 11 is 0.779. The number of methoxy groups -OCH3 is 1. The van der Waals surface area contributed by atoms with E-state index in [2.05, 4.69) is 5.32 Å². The van der Waals surface area contributed by atoms with E-state index in [0.29, 0.717) is 35.1 Å². The molecule has 0 aromatic heterocycles. The maximum absolute atomic E-state index is 12.9. The molecule has 0 aliphatic carbocycles. The van der Waals surface area contributed by atoms with Crippen LogP contribution in [0.25, 0.3) is 6.08 Å². The van der Waals surface area contributed by atoms with E-state index < -0.39 is 17.1 Å². The van der Waals surface area contributed by atoms with Gasteiger partial charge in [0.1, 0.15) is 12.3 Å². The first kappa shape index (κ1) is 24.2. The predicted octanol–water partition coefficient (Wildman–Crippen LogP) is 4.56. The summed E-state index contributed by atoms with van der Waals surface area (Å²) in [6.45, 7) is 5.80. The van der Waals surface area contributed by atoms with E-state index in [-0.39, 0.29) is 17.6 Å². The Hall–Kier alpha value is -3.46. The third-order valence-corrected chi connectivity index (χ3v) is 5.40. The fourth-order valence-corrected chi connectivity index (χ4v) is 3.92. The lowest BCUT2D eigenvalue weighted by Gasteiger charge is -2.16. The Morgan fingerprint density at radius 1 is 1.15 bits per heavy atom. The lowest BCUT2D eigenvalue weighted by atomic mass is 10.1. The zero-order valence-corrected chi connectivity index (χ0v) is 19.7. The van der Waals surface area contributed by atoms with Crippen molar-refractivity contribution < 1.29 is 28.6 Å². The molecular formula is C24H26N2O6S. The second kappa shape index (κ2) is 10.9. The van der Waals surface area contributed by atoms with Gasteiger partial charge in [-0.25, -0.2) is 0 Å². The van der Waals surface area contributed by atoms with Crippen molar-refractivity contribution in [2.45, 2.75) is 26.9 Å². The van der Waals surface area contributed by atoms with E-state index in [9.17, 15) is 14.4 Å². The molecule has 1 N–H and O–H groups in total. The number of nitrogens with zero attached hydrogens (tertiary/aromatic N) is 1. The van der Waals surface area contributed by atoms with Gasteiger partial charge in [-0.05, 0) is 68.9 Å². The second-order valence-electron chi connectivity index (χ2n) is 7.32. The topological polar surface area (TPSA) is 94.2 Å². The average molecular weight is 471 g/mol. The Bertz CT molecular complexity index is 1070. The number of anilines is 1. The molecule has 1 heterocycles. The van der Waals surface area contributed by atoms with Crippen LogP contribution in [0.4, 0.5) is 10.5 Å². The van der Waals surface area contributed by atoms with Crippen molar-refractivity contribution in [3.05, 3.63) is 52.9 Å². The van der Waals surface area contributed by atoms with Crippen molar-refractivity contribution in [3.63, 3.8) is 0 Å². The van der Waals surface area contributed by atoms with Gasteiger partial charge >= 0.3 is 0 Å². The molecule has 0 spiro atoms. The molecule has 0 bridgehead atoms. The van der Waals surface area contributed by atoms with Crippen molar-refractivity contribution in [2.75, 3.05) is 25.6 Å². The predicted molar refractivity (Wildman–Crippen MR) is 128 cm³/mol. The standard InChI is InChI=1S/C24H26N2O6S/c1-5-31-18-11-9-17(10-12-18)25-21(27)14-26-23(28)20(33-24(26)29)13-16-7-6-8-19(30-4)22(16)32-15(2)3/h6-13,15H,5,14H2,1-4H3,(H,25,27)/b20-13-. The summed E-state index contributed by atoms with van der Waals surface area (Å²) in [7, 11) is 1.53. The summed E-state index contributed by atoms with van der Waals surface area (Å²) < 4.78 is 16.6. The number of nitrogens with one attached hydrogen (secondary N) is 1. The summed E-state index contributed by atoms with van der Waals surface area (Å²) in [4.78, 5) is 38.9. The van der Waals surface area contributed by atoms with E-state index in [1.165, 1.54) is 7.11 Å². The molecule has 3 rings (SSSR count). The Morgan fingerprint density at radius 2 is 1.88 bits per heavy atom. The summed E-state index contributed by atoms with van der Waals surface area (Å²) in [6.07, 6.45) is 1.46. The highest BCUT2D eigenvalue weighted by atomic mass is 32.2. The number of hydrogen-bond acceptors (Lipinski definition) is 7. The largest absolute Gasteiger partial charge is 0.494 e. The molecule has 0 saturated carbocycles. The number of hydrogen-bond donors (Lipinski definition) is 1. The smallest absolute Gasteiger partial charge is 0.294 e. The summed E-state index contributed by atoms with van der Waals surface area (Å²) in [5, 5.41) is 2.17. The van der Waals surface area contributed by atoms with Crippen molar-refractivity contribution >= 4 is 40.6 Å². The highest BCUT2D eigenvalue weighted by Crippen LogP contribution is 2.37. The number of amides is 3. The van der Waals surface area contributed by atoms with Crippen molar-refractivity contribution in [1.82, 2.24) is 4.90 Å². The summed E-state index contributed by atoms with van der Waals surface area (Å²) in [5.74, 6) is 0.671. The fraction of sp³-hybridized carbons (Fsp3) is 0.292. The Labute approximate surface area is 196 Å². The Balaban J connectivity index is 1.73. The van der Waals surface area contributed by atoms with Gasteiger partial charge in [0.05, 0.1) is 24.7 Å². The molecule has 8 nitrogen and oxygen atoms in total. The van der Waals surface area contributed by atoms with Crippen LogP contribution in [0.1, 0.15) is 26.3 Å². The average Bonchev–Trinajstić information content (AvgIpc) is 3.03. The van der Waals surface area contributed by atoms with E-state index in [0.717, 1.165) is 16.7 Å². The molecular weight excluding hydrogens is 444 g/mol. The minimum atomic E-state index is -0.537. The summed E-state index contributed by atoms with van der Waals surface area (Å²) in [5.41, 5.74) is 1.14. The van der Waals surface area contributed by atoms with Gasteiger partial charge in [0.25, 0.3) is 11.1 Å². The quantitative estimate of drug-likeness (QED) is 0.537. The van der Waals surface area contributed by atoms with Crippen LogP contribution in [-0.4, -0.2) is 48.3 Å². The van der Waals surface area contributed by atoms with Crippen LogP contribution in [0, 0.1) is 0 Å². The zero-order chi connectivity index (χ0) is 24.0. The van der Waals surface area contributed by atoms with Crippen molar-refractivity contribution in [2.24, 2.45) is 0 Å². The molecule has 174 valence electrons. The molecule has 1 aliphatic heterocycles. The van der Waals surface area contributed by atoms with Crippen LogP contribution >= 0.6 is 11.8 Å². The van der Waals surface area contributed by atoms with Gasteiger partial charge in [0.2, 0.25) is 5.91 Å². The minimum absolute atomic E-state index is 0.116. The normalized spacial score (nSPS) is 14.7. The number of thioether (sulfide) groups is 1. The molecule has 0 radical (unpaired) electrons. The van der Waals surface area contributed by atoms with E-state index in [4.69, 9.17) is 14.2 Å². The van der Waals surface area contributed by atoms with Gasteiger partial charge < -0.3 is 19.5 Å². The molecule has 0 atom stereocenters. The van der Waals surface area contributed by atoms with Crippen LogP contribution < -0.4 is 19.5 Å². The molecule has 3 amide bonds. The monoisotopic (exact) mass is 470 g/mol. The molecule has 0 unspecified atom stereocenters. The molecule has 2 aromatic rings. The second-order valence-corrected chi connectivity index (χ2v) is 8.31. The van der Waals surface area contributed by atoms with E-state index >= 15 is 0 Å². The molecule has 2 aromatic carbocycles. The first-order valence-electron chi connectivity index (χ1n) is 10.4. The van der Waals surface area contributed by atoms with Gasteiger partial charge in [0.15, 0.2) is 11.5 Å². The summed E-state index contributed by atoms with van der Waals surface area (Å²) in [6, 6.07) is 12.1. The first-order chi connectivity index (χ1) is 15.8. The molecule has 1 aliphatic rings. The van der Waals surface area contributed by atoms with Crippen LogP contribution in [-0.2, 0) is 9.59 Å². The number of ether oxygens (including phenoxy) is 3. The number of carbonyl (C=O) groups is 3. The van der Waals surface area contributed by atoms with Gasteiger partial charge in [0, 0.05) is 11.3 Å². The fourth-order valence-electron chi connectivity index (χ4n) is 3.09. The Kier molecular flexibility index (Phi) is 8.00. The van der Waals surface area contributed by atoms with Gasteiger partial charge in [-0.1, -0.05) is 12.1 Å². The first-order valence-corrected chi connectivity index (χ1v) is 11.3. The number of benzene rings is 2. The van der Waals surface area contributed by atoms with Crippen LogP contribution in [0.3, 0.4) is 0 Å². The van der Waals surface area contributed by atoms with Crippen LogP contribution in [0.15, 0.2) is 47.4 Å². The SMILES string of the molecule is CCOc1ccc(NC(=O)CN2C(=O)S/C(=C\c3cccc(OC)c3OC(C)C)C2=O)cc1. The third kappa shape index (κ3) is 6.07. The van der Waals surface area contributed by atoms with Gasteiger partial charge in [-0.2, -0.15) is 0 Å². The van der Waals surface area contributed by atoms with E-state index in [1.54, 1.807) is 48.5 Å². The van der Waals surface area contributed by atoms with Crippen molar-refractivity contribution in [1.29, 1.82) is 0 Å². The minimum Gasteiger partial charge on any atom is -0.494 e. The lowest BCUT2D eigenvalue weighted by Crippen LogP contribution is -2.36. The maximum Gasteiger partial charge on any atom is 0.294 e. The highest BCUT2D eigenvalue weighted by molar-refractivity contribution is 8.18. The highest BCUT2D eigenvalue weighted by Gasteiger charge is 2.36. The molecule has 33 heavy (non-hydrogen) atoms. The van der Waals surface area contributed by atoms with E-state index in [1.807, 2.05) is 20.8 Å². The van der Waals surface area contributed by atoms with Crippen molar-refractivity contribution in [3.8, 4) is 17.2 Å². The molecule has 1 saturated heterocycles. The Morgan fingerprint density at radius 3 is 2.52 bits per heavy atom. The zero-order valence-electron chi connectivity index (χ0n) is 18.9. The van der Waals surface area contributed by atoms with Gasteiger partial charge in [-0.15, -0.1) is 0 Å². The number of imide groups is 1. The lowest BCUT2D eigenvalue weighted by molar-refractivity contribution is -0.127. The maximum atomic E-state index is 12.9. The number of para-hydroxylation sites is 1. The molecule has 1 fully saturated rings. The third-order valence-electron chi connectivity index (χ3n) is 4.49. The molecule has 9 heteroatoms. The van der Waals surface area contributed by atoms with Crippen LogP contribution in [0.2, 0.25) is 0 Å². The number of carbonyl (C=O) groups excluding carboxylic acids is 3. The number of rotatable bonds is 9. The van der Waals surface area contributed by atoms with Gasteiger partial charge in [-0.3, -0.25) is 19.3 Å². The van der Waals surface area contributed by atoms with Crippen LogP contribution in [0.5, 0.6) is 17.2 Å².